The van der Waals surface area contributed by atoms with Crippen molar-refractivity contribution in [2.75, 3.05) is 13.2 Å². The highest BCUT2D eigenvalue weighted by molar-refractivity contribution is 5.94. The van der Waals surface area contributed by atoms with Crippen LogP contribution in [0.4, 0.5) is 0 Å². The van der Waals surface area contributed by atoms with Crippen molar-refractivity contribution in [2.24, 2.45) is 7.05 Å². The van der Waals surface area contributed by atoms with Crippen molar-refractivity contribution < 1.29 is 14.3 Å². The van der Waals surface area contributed by atoms with Gasteiger partial charge in [-0.2, -0.15) is 0 Å². The van der Waals surface area contributed by atoms with E-state index in [0.29, 0.717) is 23.7 Å². The van der Waals surface area contributed by atoms with Gasteiger partial charge in [0.1, 0.15) is 12.4 Å². The number of tetrazole rings is 1. The monoisotopic (exact) mass is 317 g/mol. The van der Waals surface area contributed by atoms with E-state index in [1.54, 1.807) is 36.0 Å². The van der Waals surface area contributed by atoms with Crippen molar-refractivity contribution in [1.29, 1.82) is 0 Å². The molecule has 1 unspecified atom stereocenters. The molecule has 1 aliphatic rings. The number of carbonyl (C=O) groups is 1. The minimum atomic E-state index is -0.107. The van der Waals surface area contributed by atoms with Crippen molar-refractivity contribution in [3.63, 3.8) is 0 Å². The number of nitrogens with one attached hydrogen (secondary N) is 1. The third-order valence-electron chi connectivity index (χ3n) is 3.71. The summed E-state index contributed by atoms with van der Waals surface area (Å²) in [5, 5.41) is 14.0. The summed E-state index contributed by atoms with van der Waals surface area (Å²) in [5.41, 5.74) is 0.593. The second kappa shape index (κ2) is 7.19. The zero-order valence-corrected chi connectivity index (χ0v) is 12.9. The number of hydrogen-bond donors (Lipinski definition) is 1. The van der Waals surface area contributed by atoms with E-state index in [0.717, 1.165) is 19.4 Å². The molecule has 3 rings (SSSR count). The maximum Gasteiger partial charge on any atom is 0.251 e. The lowest BCUT2D eigenvalue weighted by molar-refractivity contribution is 0.0857. The van der Waals surface area contributed by atoms with Crippen LogP contribution in [0, 0.1) is 0 Å². The highest BCUT2D eigenvalue weighted by Crippen LogP contribution is 2.14. The van der Waals surface area contributed by atoms with Gasteiger partial charge < -0.3 is 14.8 Å². The lowest BCUT2D eigenvalue weighted by Crippen LogP contribution is -2.31. The van der Waals surface area contributed by atoms with E-state index in [-0.39, 0.29) is 18.6 Å². The molecular formula is C15H19N5O3. The van der Waals surface area contributed by atoms with E-state index in [1.807, 2.05) is 0 Å². The molecule has 1 N–H and O–H groups in total. The zero-order chi connectivity index (χ0) is 16.1. The van der Waals surface area contributed by atoms with Crippen LogP contribution in [0.15, 0.2) is 24.3 Å². The van der Waals surface area contributed by atoms with E-state index in [1.165, 1.54) is 0 Å². The van der Waals surface area contributed by atoms with E-state index in [2.05, 4.69) is 20.8 Å². The van der Waals surface area contributed by atoms with Crippen molar-refractivity contribution in [3.8, 4) is 5.75 Å². The Morgan fingerprint density at radius 2 is 2.26 bits per heavy atom. The molecule has 2 aromatic rings. The van der Waals surface area contributed by atoms with Crippen LogP contribution >= 0.6 is 0 Å². The lowest BCUT2D eigenvalue weighted by atomic mass is 10.2. The Hall–Kier alpha value is -2.48. The predicted octanol–water partition coefficient (Wildman–Crippen LogP) is 0.698. The normalized spacial score (nSPS) is 17.2. The standard InChI is InChI=1S/C15H19N5O3/c1-20-14(17-18-19-20)10-23-12-6-4-11(5-7-12)15(21)16-9-13-3-2-8-22-13/h4-7,13H,2-3,8-10H2,1H3,(H,16,21). The van der Waals surface area contributed by atoms with Crippen molar-refractivity contribution in [1.82, 2.24) is 25.5 Å². The number of carbonyl (C=O) groups excluding carboxylic acids is 1. The molecule has 2 heterocycles. The van der Waals surface area contributed by atoms with Crippen molar-refractivity contribution in [3.05, 3.63) is 35.7 Å². The van der Waals surface area contributed by atoms with Crippen LogP contribution < -0.4 is 10.1 Å². The first kappa shape index (κ1) is 15.4. The fraction of sp³-hybridized carbons (Fsp3) is 0.467. The van der Waals surface area contributed by atoms with Gasteiger partial charge in [-0.3, -0.25) is 4.79 Å². The summed E-state index contributed by atoms with van der Waals surface area (Å²) in [6.07, 6.45) is 2.21. The Kier molecular flexibility index (Phi) is 4.82. The zero-order valence-electron chi connectivity index (χ0n) is 12.9. The first-order chi connectivity index (χ1) is 11.2. The van der Waals surface area contributed by atoms with Gasteiger partial charge in [-0.25, -0.2) is 4.68 Å². The Bertz CT molecular complexity index is 649. The summed E-state index contributed by atoms with van der Waals surface area (Å²) < 4.78 is 12.6. The fourth-order valence-electron chi connectivity index (χ4n) is 2.33. The molecular weight excluding hydrogens is 298 g/mol. The topological polar surface area (TPSA) is 91.2 Å². The molecule has 8 nitrogen and oxygen atoms in total. The molecule has 1 amide bonds. The van der Waals surface area contributed by atoms with E-state index in [9.17, 15) is 4.79 Å². The molecule has 122 valence electrons. The van der Waals surface area contributed by atoms with E-state index >= 15 is 0 Å². The van der Waals surface area contributed by atoms with Gasteiger partial charge in [-0.15, -0.1) is 5.10 Å². The van der Waals surface area contributed by atoms with Crippen LogP contribution in [0.3, 0.4) is 0 Å². The first-order valence-electron chi connectivity index (χ1n) is 7.56. The minimum absolute atomic E-state index is 0.107. The van der Waals surface area contributed by atoms with Crippen LogP contribution in [0.25, 0.3) is 0 Å². The maximum absolute atomic E-state index is 12.1. The number of benzene rings is 1. The third-order valence-corrected chi connectivity index (χ3v) is 3.71. The molecule has 1 atom stereocenters. The molecule has 0 saturated carbocycles. The molecule has 1 aliphatic heterocycles. The molecule has 0 aliphatic carbocycles. The van der Waals surface area contributed by atoms with Gasteiger partial charge in [0, 0.05) is 25.8 Å². The summed E-state index contributed by atoms with van der Waals surface area (Å²) in [4.78, 5) is 12.1. The third kappa shape index (κ3) is 4.04. The summed E-state index contributed by atoms with van der Waals surface area (Å²) >= 11 is 0. The molecule has 1 fully saturated rings. The second-order valence-corrected chi connectivity index (χ2v) is 5.38. The minimum Gasteiger partial charge on any atom is -0.486 e. The molecule has 1 aromatic heterocycles. The summed E-state index contributed by atoms with van der Waals surface area (Å²) in [7, 11) is 1.75. The highest BCUT2D eigenvalue weighted by atomic mass is 16.5. The van der Waals surface area contributed by atoms with Crippen molar-refractivity contribution in [2.45, 2.75) is 25.6 Å². The van der Waals surface area contributed by atoms with E-state index in [4.69, 9.17) is 9.47 Å². The number of hydrogen-bond acceptors (Lipinski definition) is 6. The fourth-order valence-corrected chi connectivity index (χ4v) is 2.33. The van der Waals surface area contributed by atoms with Crippen LogP contribution in [-0.2, 0) is 18.4 Å². The predicted molar refractivity (Wildman–Crippen MR) is 80.9 cm³/mol. The number of aryl methyl sites for hydroxylation is 1. The number of ether oxygens (including phenoxy) is 2. The maximum atomic E-state index is 12.1. The molecule has 0 bridgehead atoms. The Labute approximate surface area is 133 Å². The average molecular weight is 317 g/mol. The largest absolute Gasteiger partial charge is 0.486 e. The molecule has 0 radical (unpaired) electrons. The van der Waals surface area contributed by atoms with Crippen LogP contribution in [0.2, 0.25) is 0 Å². The molecule has 8 heteroatoms. The average Bonchev–Trinajstić information content (AvgIpc) is 3.23. The quantitative estimate of drug-likeness (QED) is 0.843. The van der Waals surface area contributed by atoms with E-state index < -0.39 is 0 Å². The number of nitrogens with zero attached hydrogens (tertiary/aromatic N) is 4. The van der Waals surface area contributed by atoms with Gasteiger partial charge in [0.15, 0.2) is 5.82 Å². The number of aromatic nitrogens is 4. The van der Waals surface area contributed by atoms with Gasteiger partial charge in [-0.1, -0.05) is 0 Å². The summed E-state index contributed by atoms with van der Waals surface area (Å²) in [6, 6.07) is 6.97. The van der Waals surface area contributed by atoms with Crippen LogP contribution in [0.5, 0.6) is 5.75 Å². The van der Waals surface area contributed by atoms with Gasteiger partial charge >= 0.3 is 0 Å². The highest BCUT2D eigenvalue weighted by Gasteiger charge is 2.16. The van der Waals surface area contributed by atoms with Crippen molar-refractivity contribution >= 4 is 5.91 Å². The Morgan fingerprint density at radius 3 is 2.91 bits per heavy atom. The van der Waals surface area contributed by atoms with Gasteiger partial charge in [0.2, 0.25) is 0 Å². The molecule has 23 heavy (non-hydrogen) atoms. The van der Waals surface area contributed by atoms with Gasteiger partial charge in [0.25, 0.3) is 5.91 Å². The summed E-state index contributed by atoms with van der Waals surface area (Å²) in [5.74, 6) is 1.18. The molecule has 0 spiro atoms. The summed E-state index contributed by atoms with van der Waals surface area (Å²) in [6.45, 7) is 1.61. The van der Waals surface area contributed by atoms with Crippen LogP contribution in [0.1, 0.15) is 29.0 Å². The van der Waals surface area contributed by atoms with Gasteiger partial charge in [-0.05, 0) is 47.5 Å². The Balaban J connectivity index is 1.49. The van der Waals surface area contributed by atoms with Gasteiger partial charge in [0.05, 0.1) is 6.10 Å². The molecule has 1 saturated heterocycles. The SMILES string of the molecule is Cn1nnnc1COc1ccc(C(=O)NCC2CCCO2)cc1. The first-order valence-corrected chi connectivity index (χ1v) is 7.56. The smallest absolute Gasteiger partial charge is 0.251 e. The number of rotatable bonds is 6. The second-order valence-electron chi connectivity index (χ2n) is 5.38. The number of amides is 1. The lowest BCUT2D eigenvalue weighted by Gasteiger charge is -2.11. The Morgan fingerprint density at radius 1 is 1.43 bits per heavy atom. The van der Waals surface area contributed by atoms with Crippen LogP contribution in [-0.4, -0.2) is 45.4 Å². The molecule has 1 aromatic carbocycles.